The van der Waals surface area contributed by atoms with E-state index >= 15 is 0 Å². The molecule has 0 spiro atoms. The minimum Gasteiger partial charge on any atom is -0.478 e. The maximum Gasteiger partial charge on any atom is 0.335 e. The number of carbonyl (C=O) groups is 1. The smallest absolute Gasteiger partial charge is 0.335 e. The van der Waals surface area contributed by atoms with Crippen LogP contribution in [0.2, 0.25) is 0 Å². The van der Waals surface area contributed by atoms with E-state index in [1.807, 2.05) is 12.1 Å². The number of aromatic carboxylic acids is 1. The van der Waals surface area contributed by atoms with Gasteiger partial charge in [0.1, 0.15) is 0 Å². The summed E-state index contributed by atoms with van der Waals surface area (Å²) in [4.78, 5) is 14.9. The van der Waals surface area contributed by atoms with Crippen molar-refractivity contribution in [2.24, 2.45) is 0 Å². The first-order valence-corrected chi connectivity index (χ1v) is 6.49. The lowest BCUT2D eigenvalue weighted by Gasteiger charge is -2.02. The summed E-state index contributed by atoms with van der Waals surface area (Å²) in [7, 11) is 0. The molecule has 2 aromatic rings. The fourth-order valence-corrected chi connectivity index (χ4v) is 2.31. The topological polar surface area (TPSA) is 74.0 Å². The van der Waals surface area contributed by atoms with E-state index in [1.165, 1.54) is 24.0 Å². The van der Waals surface area contributed by atoms with Crippen molar-refractivity contribution in [3.8, 4) is 6.07 Å². The number of pyridine rings is 1. The number of carboxylic acids is 1. The van der Waals surface area contributed by atoms with Crippen molar-refractivity contribution in [2.75, 3.05) is 0 Å². The van der Waals surface area contributed by atoms with E-state index in [9.17, 15) is 4.79 Å². The minimum atomic E-state index is -0.956. The lowest BCUT2D eigenvalue weighted by Crippen LogP contribution is -1.96. The second-order valence-corrected chi connectivity index (χ2v) is 4.78. The summed E-state index contributed by atoms with van der Waals surface area (Å²) in [6.45, 7) is 0. The zero-order valence-corrected chi connectivity index (χ0v) is 10.7. The van der Waals surface area contributed by atoms with Gasteiger partial charge in [-0.05, 0) is 29.8 Å². The Balaban J connectivity index is 2.03. The van der Waals surface area contributed by atoms with Crippen LogP contribution in [0.1, 0.15) is 21.5 Å². The van der Waals surface area contributed by atoms with Gasteiger partial charge in [-0.2, -0.15) is 5.26 Å². The largest absolute Gasteiger partial charge is 0.478 e. The normalized spacial score (nSPS) is 9.84. The van der Waals surface area contributed by atoms with E-state index in [2.05, 4.69) is 11.1 Å². The molecule has 0 aliphatic carbocycles. The van der Waals surface area contributed by atoms with Gasteiger partial charge in [0.05, 0.1) is 22.2 Å². The number of aromatic nitrogens is 1. The molecule has 1 N–H and O–H groups in total. The average Bonchev–Trinajstić information content (AvgIpc) is 2.46. The van der Waals surface area contributed by atoms with Crippen LogP contribution in [0.25, 0.3) is 0 Å². The zero-order valence-electron chi connectivity index (χ0n) is 9.91. The van der Waals surface area contributed by atoms with Crippen LogP contribution in [0.5, 0.6) is 0 Å². The number of thioether (sulfide) groups is 1. The van der Waals surface area contributed by atoms with Crippen molar-refractivity contribution in [3.63, 3.8) is 0 Å². The molecule has 0 aliphatic rings. The molecule has 0 radical (unpaired) electrons. The molecule has 0 saturated carbocycles. The number of nitriles is 1. The summed E-state index contributed by atoms with van der Waals surface area (Å²) in [5.41, 5.74) is 1.92. The predicted molar refractivity (Wildman–Crippen MR) is 71.9 cm³/mol. The number of carboxylic acid groups (broad SMARTS) is 1. The van der Waals surface area contributed by atoms with Crippen LogP contribution in [0.15, 0.2) is 47.6 Å². The van der Waals surface area contributed by atoms with Crippen LogP contribution >= 0.6 is 11.8 Å². The monoisotopic (exact) mass is 270 g/mol. The third-order valence-corrected chi connectivity index (χ3v) is 3.45. The van der Waals surface area contributed by atoms with E-state index in [0.29, 0.717) is 16.3 Å². The van der Waals surface area contributed by atoms with E-state index in [0.717, 1.165) is 5.56 Å². The molecular formula is C14H10N2O2S. The third kappa shape index (κ3) is 3.57. The Bertz CT molecular complexity index is 633. The lowest BCUT2D eigenvalue weighted by molar-refractivity contribution is 0.0696. The second-order valence-electron chi connectivity index (χ2n) is 3.79. The van der Waals surface area contributed by atoms with Crippen molar-refractivity contribution in [2.45, 2.75) is 10.8 Å². The molecule has 1 aromatic heterocycles. The van der Waals surface area contributed by atoms with Gasteiger partial charge >= 0.3 is 5.97 Å². The first-order valence-electron chi connectivity index (χ1n) is 5.50. The first-order chi connectivity index (χ1) is 9.19. The number of nitrogens with zero attached hydrogens (tertiary/aromatic N) is 2. The predicted octanol–water partition coefficient (Wildman–Crippen LogP) is 2.94. The van der Waals surface area contributed by atoms with Gasteiger partial charge in [-0.15, -0.1) is 11.8 Å². The highest BCUT2D eigenvalue weighted by Gasteiger charge is 2.05. The van der Waals surface area contributed by atoms with Crippen molar-refractivity contribution in [3.05, 3.63) is 59.3 Å². The number of hydrogen-bond donors (Lipinski definition) is 1. The van der Waals surface area contributed by atoms with E-state index < -0.39 is 5.97 Å². The van der Waals surface area contributed by atoms with Gasteiger partial charge in [-0.25, -0.2) is 9.78 Å². The van der Waals surface area contributed by atoms with Gasteiger partial charge in [0.2, 0.25) is 0 Å². The summed E-state index contributed by atoms with van der Waals surface area (Å²) < 4.78 is 0. The summed E-state index contributed by atoms with van der Waals surface area (Å²) >= 11 is 1.46. The van der Waals surface area contributed by atoms with Gasteiger partial charge in [0.25, 0.3) is 0 Å². The van der Waals surface area contributed by atoms with E-state index in [1.54, 1.807) is 18.2 Å². The molecule has 94 valence electrons. The molecule has 0 bridgehead atoms. The molecule has 0 fully saturated rings. The Morgan fingerprint density at radius 3 is 2.68 bits per heavy atom. The molecule has 2 rings (SSSR count). The molecule has 5 heteroatoms. The molecule has 4 nitrogen and oxygen atoms in total. The Kier molecular flexibility index (Phi) is 4.16. The van der Waals surface area contributed by atoms with E-state index in [4.69, 9.17) is 10.4 Å². The fourth-order valence-electron chi connectivity index (χ4n) is 1.45. The van der Waals surface area contributed by atoms with Gasteiger partial charge in [-0.3, -0.25) is 0 Å². The summed E-state index contributed by atoms with van der Waals surface area (Å²) in [6.07, 6.45) is 1.49. The molecular weight excluding hydrogens is 260 g/mol. The fraction of sp³-hybridized carbons (Fsp3) is 0.0714. The van der Waals surface area contributed by atoms with Crippen LogP contribution in [-0.4, -0.2) is 16.1 Å². The SMILES string of the molecule is N#Cc1ccc(CSc2cc(C(=O)O)ccn2)cc1. The molecule has 0 atom stereocenters. The van der Waals surface area contributed by atoms with Crippen molar-refractivity contribution < 1.29 is 9.90 Å². The Morgan fingerprint density at radius 2 is 2.05 bits per heavy atom. The molecule has 1 aromatic carbocycles. The highest BCUT2D eigenvalue weighted by Crippen LogP contribution is 2.21. The quantitative estimate of drug-likeness (QED) is 0.864. The maximum atomic E-state index is 10.8. The molecule has 0 aliphatic heterocycles. The van der Waals surface area contributed by atoms with Crippen LogP contribution in [0, 0.1) is 11.3 Å². The average molecular weight is 270 g/mol. The van der Waals surface area contributed by atoms with E-state index in [-0.39, 0.29) is 5.56 Å². The van der Waals surface area contributed by atoms with Gasteiger partial charge in [0, 0.05) is 11.9 Å². The number of hydrogen-bond acceptors (Lipinski definition) is 4. The van der Waals surface area contributed by atoms with Gasteiger partial charge in [0.15, 0.2) is 0 Å². The second kappa shape index (κ2) is 6.03. The molecule has 0 unspecified atom stereocenters. The van der Waals surface area contributed by atoms with Crippen molar-refractivity contribution in [1.82, 2.24) is 4.98 Å². The highest BCUT2D eigenvalue weighted by molar-refractivity contribution is 7.98. The summed E-state index contributed by atoms with van der Waals surface area (Å²) in [6, 6.07) is 12.4. The first kappa shape index (κ1) is 13.1. The molecule has 1 heterocycles. The maximum absolute atomic E-state index is 10.8. The summed E-state index contributed by atoms with van der Waals surface area (Å²) in [5, 5.41) is 18.3. The number of benzene rings is 1. The lowest BCUT2D eigenvalue weighted by atomic mass is 10.2. The molecule has 0 saturated heterocycles. The Hall–Kier alpha value is -2.32. The minimum absolute atomic E-state index is 0.234. The van der Waals surface area contributed by atoms with Crippen LogP contribution in [0.3, 0.4) is 0 Å². The third-order valence-electron chi connectivity index (χ3n) is 2.45. The highest BCUT2D eigenvalue weighted by atomic mass is 32.2. The van der Waals surface area contributed by atoms with Crippen molar-refractivity contribution >= 4 is 17.7 Å². The van der Waals surface area contributed by atoms with Gasteiger partial charge in [-0.1, -0.05) is 12.1 Å². The summed E-state index contributed by atoms with van der Waals surface area (Å²) in [5.74, 6) is -0.274. The Morgan fingerprint density at radius 1 is 1.32 bits per heavy atom. The van der Waals surface area contributed by atoms with Crippen LogP contribution in [-0.2, 0) is 5.75 Å². The number of rotatable bonds is 4. The van der Waals surface area contributed by atoms with Crippen molar-refractivity contribution in [1.29, 1.82) is 5.26 Å². The van der Waals surface area contributed by atoms with Crippen LogP contribution in [0.4, 0.5) is 0 Å². The molecule has 19 heavy (non-hydrogen) atoms. The van der Waals surface area contributed by atoms with Crippen LogP contribution < -0.4 is 0 Å². The molecule has 0 amide bonds. The Labute approximate surface area is 114 Å². The van der Waals surface area contributed by atoms with Gasteiger partial charge < -0.3 is 5.11 Å². The zero-order chi connectivity index (χ0) is 13.7. The standard InChI is InChI=1S/C14H10N2O2S/c15-8-10-1-3-11(4-2-10)9-19-13-7-12(14(17)18)5-6-16-13/h1-7H,9H2,(H,17,18).